The number of nitrogens with zero attached hydrogens (tertiary/aromatic N) is 2. The number of nitrogens with two attached hydrogens (primary N) is 1. The minimum atomic E-state index is 0.422. The first-order chi connectivity index (χ1) is 9.20. The summed E-state index contributed by atoms with van der Waals surface area (Å²) < 4.78 is 0. The Morgan fingerprint density at radius 3 is 2.37 bits per heavy atom. The molecule has 19 heavy (non-hydrogen) atoms. The molecule has 3 nitrogen and oxygen atoms in total. The van der Waals surface area contributed by atoms with Crippen molar-refractivity contribution in [1.29, 1.82) is 0 Å². The molecular formula is C16H21N3. The van der Waals surface area contributed by atoms with Gasteiger partial charge >= 0.3 is 0 Å². The highest BCUT2D eigenvalue weighted by atomic mass is 15.2. The average Bonchev–Trinajstić information content (AvgIpc) is 2.46. The molecule has 2 rings (SSSR count). The van der Waals surface area contributed by atoms with E-state index in [-0.39, 0.29) is 0 Å². The van der Waals surface area contributed by atoms with Crippen molar-refractivity contribution in [3.05, 3.63) is 59.9 Å². The lowest BCUT2D eigenvalue weighted by Crippen LogP contribution is -2.30. The minimum absolute atomic E-state index is 0.422. The fraction of sp³-hybridized carbons (Fsp3) is 0.312. The highest BCUT2D eigenvalue weighted by molar-refractivity contribution is 5.46. The quantitative estimate of drug-likeness (QED) is 0.893. The van der Waals surface area contributed by atoms with Crippen LogP contribution in [0.4, 0.5) is 5.69 Å². The average molecular weight is 255 g/mol. The lowest BCUT2D eigenvalue weighted by molar-refractivity contribution is 0.680. The molecule has 2 N–H and O–H groups in total. The third-order valence-corrected chi connectivity index (χ3v) is 3.17. The lowest BCUT2D eigenvalue weighted by Gasteiger charge is -2.29. The molecule has 0 fully saturated rings. The Hall–Kier alpha value is -1.87. The zero-order valence-corrected chi connectivity index (χ0v) is 11.6. The highest BCUT2D eigenvalue weighted by Gasteiger charge is 2.11. The number of aromatic nitrogens is 1. The summed E-state index contributed by atoms with van der Waals surface area (Å²) in [4.78, 5) is 6.71. The van der Waals surface area contributed by atoms with Crippen LogP contribution in [0.5, 0.6) is 0 Å². The van der Waals surface area contributed by atoms with Gasteiger partial charge in [0, 0.05) is 19.1 Å². The largest absolute Gasteiger partial charge is 0.364 e. The van der Waals surface area contributed by atoms with Gasteiger partial charge in [0.05, 0.1) is 17.6 Å². The first kappa shape index (κ1) is 13.6. The number of hydrogen-bond donors (Lipinski definition) is 1. The summed E-state index contributed by atoms with van der Waals surface area (Å²) in [6.07, 6.45) is 1.91. The third kappa shape index (κ3) is 3.55. The second kappa shape index (κ2) is 6.34. The maximum absolute atomic E-state index is 5.58. The van der Waals surface area contributed by atoms with Crippen molar-refractivity contribution in [3.8, 4) is 0 Å². The van der Waals surface area contributed by atoms with Gasteiger partial charge < -0.3 is 10.6 Å². The maximum Gasteiger partial charge on any atom is 0.0558 e. The normalized spacial score (nSPS) is 10.7. The molecule has 100 valence electrons. The van der Waals surface area contributed by atoms with Crippen LogP contribution in [0, 0.1) is 0 Å². The molecule has 0 spiro atoms. The van der Waals surface area contributed by atoms with Crippen LogP contribution >= 0.6 is 0 Å². The summed E-state index contributed by atoms with van der Waals surface area (Å²) in [5, 5.41) is 0. The van der Waals surface area contributed by atoms with Gasteiger partial charge in [-0.15, -0.1) is 0 Å². The van der Waals surface area contributed by atoms with Gasteiger partial charge in [0.15, 0.2) is 0 Å². The standard InChI is InChI=1S/C16H21N3/c1-13(2)19(12-14-6-4-3-5-7-14)16-9-8-15(10-17)18-11-16/h3-9,11,13H,10,12,17H2,1-2H3. The highest BCUT2D eigenvalue weighted by Crippen LogP contribution is 2.19. The Morgan fingerprint density at radius 2 is 1.84 bits per heavy atom. The monoisotopic (exact) mass is 255 g/mol. The van der Waals surface area contributed by atoms with E-state index in [0.29, 0.717) is 12.6 Å². The zero-order valence-electron chi connectivity index (χ0n) is 11.6. The van der Waals surface area contributed by atoms with Crippen LogP contribution in [0.1, 0.15) is 25.1 Å². The van der Waals surface area contributed by atoms with E-state index in [1.54, 1.807) is 0 Å². The lowest BCUT2D eigenvalue weighted by atomic mass is 10.1. The van der Waals surface area contributed by atoms with Crippen LogP contribution in [0.3, 0.4) is 0 Å². The fourth-order valence-electron chi connectivity index (χ4n) is 2.06. The molecule has 1 aromatic heterocycles. The Labute approximate surface area is 115 Å². The molecule has 0 unspecified atom stereocenters. The Morgan fingerprint density at radius 1 is 1.11 bits per heavy atom. The molecule has 0 aliphatic rings. The molecule has 0 aliphatic carbocycles. The van der Waals surface area contributed by atoms with Crippen molar-refractivity contribution in [2.45, 2.75) is 33.0 Å². The minimum Gasteiger partial charge on any atom is -0.364 e. The van der Waals surface area contributed by atoms with E-state index in [1.807, 2.05) is 18.3 Å². The molecule has 0 atom stereocenters. The van der Waals surface area contributed by atoms with Crippen molar-refractivity contribution in [2.24, 2.45) is 5.73 Å². The topological polar surface area (TPSA) is 42.1 Å². The predicted molar refractivity (Wildman–Crippen MR) is 79.9 cm³/mol. The van der Waals surface area contributed by atoms with E-state index in [2.05, 4.69) is 54.1 Å². The van der Waals surface area contributed by atoms with Crippen molar-refractivity contribution in [2.75, 3.05) is 4.90 Å². The van der Waals surface area contributed by atoms with Crippen molar-refractivity contribution >= 4 is 5.69 Å². The number of benzene rings is 1. The van der Waals surface area contributed by atoms with Gasteiger partial charge in [-0.1, -0.05) is 30.3 Å². The number of hydrogen-bond acceptors (Lipinski definition) is 3. The number of anilines is 1. The first-order valence-electron chi connectivity index (χ1n) is 6.66. The predicted octanol–water partition coefficient (Wildman–Crippen LogP) is 2.96. The number of pyridine rings is 1. The van der Waals surface area contributed by atoms with Gasteiger partial charge in [0.1, 0.15) is 0 Å². The summed E-state index contributed by atoms with van der Waals surface area (Å²) in [5.74, 6) is 0. The Balaban J connectivity index is 2.19. The molecule has 1 aromatic carbocycles. The molecule has 0 bridgehead atoms. The third-order valence-electron chi connectivity index (χ3n) is 3.17. The summed E-state index contributed by atoms with van der Waals surface area (Å²) in [5.41, 5.74) is 8.95. The van der Waals surface area contributed by atoms with Gasteiger partial charge in [-0.25, -0.2) is 0 Å². The van der Waals surface area contributed by atoms with Gasteiger partial charge in [-0.05, 0) is 31.5 Å². The van der Waals surface area contributed by atoms with E-state index >= 15 is 0 Å². The summed E-state index contributed by atoms with van der Waals surface area (Å²) in [6.45, 7) is 5.77. The first-order valence-corrected chi connectivity index (χ1v) is 6.66. The molecule has 0 saturated heterocycles. The van der Waals surface area contributed by atoms with E-state index in [1.165, 1.54) is 5.56 Å². The van der Waals surface area contributed by atoms with Gasteiger partial charge in [0.25, 0.3) is 0 Å². The smallest absolute Gasteiger partial charge is 0.0558 e. The Kier molecular flexibility index (Phi) is 4.53. The van der Waals surface area contributed by atoms with Crippen molar-refractivity contribution in [3.63, 3.8) is 0 Å². The molecule has 0 saturated carbocycles. The summed E-state index contributed by atoms with van der Waals surface area (Å²) in [7, 11) is 0. The van der Waals surface area contributed by atoms with E-state index in [9.17, 15) is 0 Å². The van der Waals surface area contributed by atoms with Crippen LogP contribution in [-0.2, 0) is 13.1 Å². The second-order valence-electron chi connectivity index (χ2n) is 4.92. The zero-order chi connectivity index (χ0) is 13.7. The molecule has 0 radical (unpaired) electrons. The second-order valence-corrected chi connectivity index (χ2v) is 4.92. The van der Waals surface area contributed by atoms with Crippen LogP contribution in [0.25, 0.3) is 0 Å². The summed E-state index contributed by atoms with van der Waals surface area (Å²) >= 11 is 0. The SMILES string of the molecule is CC(C)N(Cc1ccccc1)c1ccc(CN)nc1. The van der Waals surface area contributed by atoms with Gasteiger partial charge in [-0.3, -0.25) is 4.98 Å². The van der Waals surface area contributed by atoms with Gasteiger partial charge in [0.2, 0.25) is 0 Å². The molecule has 2 aromatic rings. The van der Waals surface area contributed by atoms with Crippen molar-refractivity contribution < 1.29 is 0 Å². The summed E-state index contributed by atoms with van der Waals surface area (Å²) in [6, 6.07) is 15.0. The van der Waals surface area contributed by atoms with Gasteiger partial charge in [-0.2, -0.15) is 0 Å². The van der Waals surface area contributed by atoms with Crippen LogP contribution in [-0.4, -0.2) is 11.0 Å². The molecular weight excluding hydrogens is 234 g/mol. The van der Waals surface area contributed by atoms with Crippen molar-refractivity contribution in [1.82, 2.24) is 4.98 Å². The fourth-order valence-corrected chi connectivity index (χ4v) is 2.06. The Bertz CT molecular complexity index is 491. The molecule has 1 heterocycles. The van der Waals surface area contributed by atoms with Crippen LogP contribution in [0.2, 0.25) is 0 Å². The molecule has 0 amide bonds. The maximum atomic E-state index is 5.58. The van der Waals surface area contributed by atoms with E-state index in [4.69, 9.17) is 5.73 Å². The van der Waals surface area contributed by atoms with E-state index in [0.717, 1.165) is 17.9 Å². The van der Waals surface area contributed by atoms with Crippen LogP contribution in [0.15, 0.2) is 48.7 Å². The molecule has 3 heteroatoms. The molecule has 0 aliphatic heterocycles. The van der Waals surface area contributed by atoms with Crippen LogP contribution < -0.4 is 10.6 Å². The van der Waals surface area contributed by atoms with E-state index < -0.39 is 0 Å². The number of rotatable bonds is 5.